The Morgan fingerprint density at radius 2 is 1.79 bits per heavy atom. The minimum Gasteiger partial charge on any atom is -0.497 e. The third-order valence-electron chi connectivity index (χ3n) is 4.42. The molecular formula is C17H24O2. The maximum absolute atomic E-state index is 12.3. The molecule has 0 unspecified atom stereocenters. The fourth-order valence-electron chi connectivity index (χ4n) is 2.98. The van der Waals surface area contributed by atoms with Gasteiger partial charge < -0.3 is 4.74 Å². The first-order valence-electron chi connectivity index (χ1n) is 7.38. The number of carbonyl (C=O) groups excluding carboxylic acids is 1. The maximum Gasteiger partial charge on any atom is 0.140 e. The Balaban J connectivity index is 1.86. The first kappa shape index (κ1) is 14.1. The quantitative estimate of drug-likeness (QED) is 0.799. The molecule has 104 valence electrons. The Hall–Kier alpha value is -1.31. The Morgan fingerprint density at radius 1 is 1.16 bits per heavy atom. The van der Waals surface area contributed by atoms with Crippen LogP contribution in [-0.2, 0) is 11.2 Å². The van der Waals surface area contributed by atoms with E-state index < -0.39 is 0 Å². The summed E-state index contributed by atoms with van der Waals surface area (Å²) >= 11 is 0. The van der Waals surface area contributed by atoms with Crippen molar-refractivity contribution in [2.45, 2.75) is 45.4 Å². The molecule has 1 fully saturated rings. The number of rotatable bonds is 5. The normalized spacial score (nSPS) is 23.1. The SMILES string of the molecule is CCC1CCC(C(=O)Cc2ccc(OC)cc2)CC1. The Morgan fingerprint density at radius 3 is 2.32 bits per heavy atom. The summed E-state index contributed by atoms with van der Waals surface area (Å²) in [5.41, 5.74) is 1.10. The van der Waals surface area contributed by atoms with Crippen LogP contribution in [0.3, 0.4) is 0 Å². The van der Waals surface area contributed by atoms with Crippen molar-refractivity contribution in [2.75, 3.05) is 7.11 Å². The second kappa shape index (κ2) is 6.74. The molecule has 19 heavy (non-hydrogen) atoms. The van der Waals surface area contributed by atoms with Gasteiger partial charge in [-0.05, 0) is 49.3 Å². The van der Waals surface area contributed by atoms with Crippen molar-refractivity contribution in [3.05, 3.63) is 29.8 Å². The number of Topliss-reactive ketones (excluding diaryl/α,β-unsaturated/α-hetero) is 1. The smallest absolute Gasteiger partial charge is 0.140 e. The van der Waals surface area contributed by atoms with Gasteiger partial charge in [-0.1, -0.05) is 25.5 Å². The summed E-state index contributed by atoms with van der Waals surface area (Å²) in [5, 5.41) is 0. The van der Waals surface area contributed by atoms with Gasteiger partial charge in [-0.15, -0.1) is 0 Å². The minimum atomic E-state index is 0.296. The summed E-state index contributed by atoms with van der Waals surface area (Å²) in [6.07, 6.45) is 6.48. The molecule has 1 saturated carbocycles. The van der Waals surface area contributed by atoms with Crippen LogP contribution in [-0.4, -0.2) is 12.9 Å². The molecule has 1 aliphatic carbocycles. The zero-order chi connectivity index (χ0) is 13.7. The second-order valence-corrected chi connectivity index (χ2v) is 5.62. The lowest BCUT2D eigenvalue weighted by Gasteiger charge is -2.26. The van der Waals surface area contributed by atoms with Gasteiger partial charge in [0.05, 0.1) is 7.11 Å². The first-order chi connectivity index (χ1) is 9.22. The van der Waals surface area contributed by atoms with Crippen molar-refractivity contribution in [1.29, 1.82) is 0 Å². The lowest BCUT2D eigenvalue weighted by Crippen LogP contribution is -2.23. The van der Waals surface area contributed by atoms with Gasteiger partial charge >= 0.3 is 0 Å². The minimum absolute atomic E-state index is 0.296. The summed E-state index contributed by atoms with van der Waals surface area (Å²) in [7, 11) is 1.66. The Kier molecular flexibility index (Phi) is 5.00. The third kappa shape index (κ3) is 3.82. The molecule has 0 bridgehead atoms. The van der Waals surface area contributed by atoms with Crippen LogP contribution in [0.1, 0.15) is 44.6 Å². The summed E-state index contributed by atoms with van der Waals surface area (Å²) < 4.78 is 5.13. The molecule has 2 rings (SSSR count). The van der Waals surface area contributed by atoms with E-state index in [1.54, 1.807) is 7.11 Å². The Bertz CT molecular complexity index is 400. The van der Waals surface area contributed by atoms with E-state index >= 15 is 0 Å². The molecular weight excluding hydrogens is 236 g/mol. The molecule has 2 heteroatoms. The fourth-order valence-corrected chi connectivity index (χ4v) is 2.98. The summed E-state index contributed by atoms with van der Waals surface area (Å²) in [4.78, 5) is 12.3. The molecule has 0 atom stereocenters. The van der Waals surface area contributed by atoms with Crippen LogP contribution in [0.2, 0.25) is 0 Å². The van der Waals surface area contributed by atoms with Gasteiger partial charge in [0.25, 0.3) is 0 Å². The summed E-state index contributed by atoms with van der Waals surface area (Å²) in [6, 6.07) is 7.84. The lowest BCUT2D eigenvalue weighted by molar-refractivity contribution is -0.123. The van der Waals surface area contributed by atoms with E-state index in [2.05, 4.69) is 6.92 Å². The van der Waals surface area contributed by atoms with Crippen LogP contribution in [0.4, 0.5) is 0 Å². The van der Waals surface area contributed by atoms with Crippen LogP contribution < -0.4 is 4.74 Å². The van der Waals surface area contributed by atoms with Crippen molar-refractivity contribution in [3.8, 4) is 5.75 Å². The number of methoxy groups -OCH3 is 1. The molecule has 0 radical (unpaired) electrons. The van der Waals surface area contributed by atoms with Crippen molar-refractivity contribution in [2.24, 2.45) is 11.8 Å². The fraction of sp³-hybridized carbons (Fsp3) is 0.588. The van der Waals surface area contributed by atoms with Crippen molar-refractivity contribution in [1.82, 2.24) is 0 Å². The highest BCUT2D eigenvalue weighted by atomic mass is 16.5. The monoisotopic (exact) mass is 260 g/mol. The summed E-state index contributed by atoms with van der Waals surface area (Å²) in [6.45, 7) is 2.25. The lowest BCUT2D eigenvalue weighted by atomic mass is 9.78. The molecule has 0 spiro atoms. The second-order valence-electron chi connectivity index (χ2n) is 5.62. The predicted molar refractivity (Wildman–Crippen MR) is 77.4 cm³/mol. The molecule has 0 aliphatic heterocycles. The van der Waals surface area contributed by atoms with E-state index in [0.29, 0.717) is 18.1 Å². The number of hydrogen-bond acceptors (Lipinski definition) is 2. The average Bonchev–Trinajstić information content (AvgIpc) is 2.48. The molecule has 0 heterocycles. The van der Waals surface area contributed by atoms with Gasteiger partial charge in [0.15, 0.2) is 0 Å². The van der Waals surface area contributed by atoms with E-state index in [0.717, 1.165) is 30.1 Å². The molecule has 1 aliphatic rings. The van der Waals surface area contributed by atoms with Gasteiger partial charge in [-0.25, -0.2) is 0 Å². The van der Waals surface area contributed by atoms with E-state index in [4.69, 9.17) is 4.74 Å². The molecule has 1 aromatic carbocycles. The number of ether oxygens (including phenoxy) is 1. The van der Waals surface area contributed by atoms with Crippen molar-refractivity contribution >= 4 is 5.78 Å². The highest BCUT2D eigenvalue weighted by Gasteiger charge is 2.25. The molecule has 0 saturated heterocycles. The van der Waals surface area contributed by atoms with Gasteiger partial charge in [-0.2, -0.15) is 0 Å². The van der Waals surface area contributed by atoms with Crippen LogP contribution in [0.25, 0.3) is 0 Å². The molecule has 0 aromatic heterocycles. The highest BCUT2D eigenvalue weighted by molar-refractivity contribution is 5.83. The topological polar surface area (TPSA) is 26.3 Å². The predicted octanol–water partition coefficient (Wildman–Crippen LogP) is 4.02. The van der Waals surface area contributed by atoms with Gasteiger partial charge in [-0.3, -0.25) is 4.79 Å². The van der Waals surface area contributed by atoms with Crippen molar-refractivity contribution in [3.63, 3.8) is 0 Å². The zero-order valence-electron chi connectivity index (χ0n) is 12.0. The number of ketones is 1. The van der Waals surface area contributed by atoms with Gasteiger partial charge in [0.2, 0.25) is 0 Å². The standard InChI is InChI=1S/C17H24O2/c1-3-13-4-8-15(9-5-13)17(18)12-14-6-10-16(19-2)11-7-14/h6-7,10-11,13,15H,3-5,8-9,12H2,1-2H3. The summed E-state index contributed by atoms with van der Waals surface area (Å²) in [5.74, 6) is 2.41. The van der Waals surface area contributed by atoms with Crippen LogP contribution in [0, 0.1) is 11.8 Å². The first-order valence-corrected chi connectivity index (χ1v) is 7.38. The molecule has 2 nitrogen and oxygen atoms in total. The average molecular weight is 260 g/mol. The van der Waals surface area contributed by atoms with Gasteiger partial charge in [0, 0.05) is 12.3 Å². The number of hydrogen-bond donors (Lipinski definition) is 0. The highest BCUT2D eigenvalue weighted by Crippen LogP contribution is 2.31. The van der Waals surface area contributed by atoms with E-state index in [1.807, 2.05) is 24.3 Å². The maximum atomic E-state index is 12.3. The number of benzene rings is 1. The van der Waals surface area contributed by atoms with E-state index in [9.17, 15) is 4.79 Å². The molecule has 0 amide bonds. The van der Waals surface area contributed by atoms with Crippen LogP contribution >= 0.6 is 0 Å². The van der Waals surface area contributed by atoms with E-state index in [1.165, 1.54) is 19.3 Å². The van der Waals surface area contributed by atoms with Crippen molar-refractivity contribution < 1.29 is 9.53 Å². The Labute approximate surface area is 116 Å². The number of carbonyl (C=O) groups is 1. The largest absolute Gasteiger partial charge is 0.497 e. The van der Waals surface area contributed by atoms with Gasteiger partial charge in [0.1, 0.15) is 11.5 Å². The van der Waals surface area contributed by atoms with Crippen LogP contribution in [0.15, 0.2) is 24.3 Å². The molecule has 0 N–H and O–H groups in total. The van der Waals surface area contributed by atoms with E-state index in [-0.39, 0.29) is 0 Å². The zero-order valence-corrected chi connectivity index (χ0v) is 12.0. The third-order valence-corrected chi connectivity index (χ3v) is 4.42. The van der Waals surface area contributed by atoms with Crippen LogP contribution in [0.5, 0.6) is 5.75 Å². The molecule has 1 aromatic rings.